The maximum atomic E-state index is 12.3. The largest absolute Gasteiger partial charge is 0.480 e. The van der Waals surface area contributed by atoms with E-state index in [0.29, 0.717) is 5.02 Å². The van der Waals surface area contributed by atoms with Crippen molar-refractivity contribution in [3.05, 3.63) is 82.9 Å². The summed E-state index contributed by atoms with van der Waals surface area (Å²) in [5.41, 5.74) is 1.64. The average Bonchev–Trinajstić information content (AvgIpc) is 2.62. The first-order valence-corrected chi connectivity index (χ1v) is 8.63. The molecule has 1 atom stereocenters. The van der Waals surface area contributed by atoms with Crippen molar-refractivity contribution in [3.8, 4) is 0 Å². The van der Waals surface area contributed by atoms with E-state index in [1.165, 1.54) is 0 Å². The number of amides is 1. The Balaban J connectivity index is 1.67. The standard InChI is InChI=1S/C21H18ClNO3/c22-18-9-6-14(7-10-18)12-19(21(25)26)23-20(24)13-15-5-8-16-3-1-2-4-17(16)11-15/h1-11,19H,12-13H2,(H,23,24)(H,25,26)/t19-/m1/s1. The summed E-state index contributed by atoms with van der Waals surface area (Å²) < 4.78 is 0. The van der Waals surface area contributed by atoms with Gasteiger partial charge in [-0.05, 0) is 34.0 Å². The number of carboxylic acid groups (broad SMARTS) is 1. The van der Waals surface area contributed by atoms with Crippen LogP contribution in [-0.4, -0.2) is 23.0 Å². The molecule has 4 nitrogen and oxygen atoms in total. The van der Waals surface area contributed by atoms with E-state index in [4.69, 9.17) is 11.6 Å². The first kappa shape index (κ1) is 18.0. The molecule has 0 aliphatic heterocycles. The van der Waals surface area contributed by atoms with Crippen LogP contribution in [-0.2, 0) is 22.4 Å². The maximum absolute atomic E-state index is 12.3. The van der Waals surface area contributed by atoms with E-state index in [1.54, 1.807) is 24.3 Å². The lowest BCUT2D eigenvalue weighted by molar-refractivity contribution is -0.141. The van der Waals surface area contributed by atoms with Crippen molar-refractivity contribution in [2.45, 2.75) is 18.9 Å². The first-order chi connectivity index (χ1) is 12.5. The van der Waals surface area contributed by atoms with Crippen LogP contribution in [0, 0.1) is 0 Å². The second-order valence-electron chi connectivity index (χ2n) is 6.15. The third-order valence-electron chi connectivity index (χ3n) is 4.16. The van der Waals surface area contributed by atoms with E-state index in [0.717, 1.165) is 21.9 Å². The minimum atomic E-state index is -1.06. The SMILES string of the molecule is O=C(Cc1ccc2ccccc2c1)N[C@H](Cc1ccc(Cl)cc1)C(=O)O. The molecule has 0 aliphatic carbocycles. The van der Waals surface area contributed by atoms with Crippen LogP contribution in [0.3, 0.4) is 0 Å². The predicted molar refractivity (Wildman–Crippen MR) is 102 cm³/mol. The lowest BCUT2D eigenvalue weighted by Crippen LogP contribution is -2.43. The molecule has 1 amide bonds. The molecule has 0 radical (unpaired) electrons. The number of rotatable bonds is 6. The molecule has 3 aromatic carbocycles. The highest BCUT2D eigenvalue weighted by Gasteiger charge is 2.20. The smallest absolute Gasteiger partial charge is 0.326 e. The van der Waals surface area contributed by atoms with Crippen molar-refractivity contribution in [2.75, 3.05) is 0 Å². The topological polar surface area (TPSA) is 66.4 Å². The van der Waals surface area contributed by atoms with Gasteiger partial charge in [0.25, 0.3) is 0 Å². The third kappa shape index (κ3) is 4.61. The van der Waals surface area contributed by atoms with Gasteiger partial charge in [0.1, 0.15) is 6.04 Å². The summed E-state index contributed by atoms with van der Waals surface area (Å²) in [5, 5.41) is 14.7. The van der Waals surface area contributed by atoms with Crippen LogP contribution < -0.4 is 5.32 Å². The Hall–Kier alpha value is -2.85. The lowest BCUT2D eigenvalue weighted by Gasteiger charge is -2.15. The molecule has 0 spiro atoms. The number of fused-ring (bicyclic) bond motifs is 1. The van der Waals surface area contributed by atoms with Crippen molar-refractivity contribution in [3.63, 3.8) is 0 Å². The van der Waals surface area contributed by atoms with Gasteiger partial charge in [-0.15, -0.1) is 0 Å². The minimum absolute atomic E-state index is 0.134. The number of nitrogens with one attached hydrogen (secondary N) is 1. The maximum Gasteiger partial charge on any atom is 0.326 e. The van der Waals surface area contributed by atoms with Gasteiger partial charge in [-0.3, -0.25) is 4.79 Å². The molecule has 5 heteroatoms. The molecule has 132 valence electrons. The number of carbonyl (C=O) groups excluding carboxylic acids is 1. The number of hydrogen-bond acceptors (Lipinski definition) is 2. The molecular formula is C21H18ClNO3. The summed E-state index contributed by atoms with van der Waals surface area (Å²) in [4.78, 5) is 23.8. The number of benzene rings is 3. The highest BCUT2D eigenvalue weighted by molar-refractivity contribution is 6.30. The van der Waals surface area contributed by atoms with E-state index in [-0.39, 0.29) is 18.7 Å². The second kappa shape index (κ2) is 8.02. The zero-order chi connectivity index (χ0) is 18.5. The van der Waals surface area contributed by atoms with E-state index in [9.17, 15) is 14.7 Å². The van der Waals surface area contributed by atoms with Gasteiger partial charge >= 0.3 is 5.97 Å². The molecule has 0 fully saturated rings. The lowest BCUT2D eigenvalue weighted by atomic mass is 10.0. The Bertz CT molecular complexity index is 937. The van der Waals surface area contributed by atoms with Crippen LogP contribution in [0.4, 0.5) is 0 Å². The molecule has 3 aromatic rings. The van der Waals surface area contributed by atoms with Crippen molar-refractivity contribution in [1.29, 1.82) is 0 Å². The Labute approximate surface area is 156 Å². The van der Waals surface area contributed by atoms with E-state index >= 15 is 0 Å². The van der Waals surface area contributed by atoms with Crippen molar-refractivity contribution < 1.29 is 14.7 Å². The molecule has 0 heterocycles. The van der Waals surface area contributed by atoms with Crippen LogP contribution >= 0.6 is 11.6 Å². The van der Waals surface area contributed by atoms with Gasteiger partial charge in [0, 0.05) is 11.4 Å². The zero-order valence-electron chi connectivity index (χ0n) is 14.0. The molecule has 0 saturated carbocycles. The quantitative estimate of drug-likeness (QED) is 0.695. The van der Waals surface area contributed by atoms with Crippen LogP contribution in [0.2, 0.25) is 5.02 Å². The molecule has 2 N–H and O–H groups in total. The average molecular weight is 368 g/mol. The van der Waals surface area contributed by atoms with E-state index in [2.05, 4.69) is 5.32 Å². The number of carbonyl (C=O) groups is 2. The number of aliphatic carboxylic acids is 1. The molecular weight excluding hydrogens is 350 g/mol. The van der Waals surface area contributed by atoms with Gasteiger partial charge in [0.15, 0.2) is 0 Å². The number of hydrogen-bond donors (Lipinski definition) is 2. The molecule has 0 saturated heterocycles. The fourth-order valence-electron chi connectivity index (χ4n) is 2.84. The van der Waals surface area contributed by atoms with Crippen molar-refractivity contribution in [1.82, 2.24) is 5.32 Å². The Morgan fingerprint density at radius 3 is 2.27 bits per heavy atom. The van der Waals surface area contributed by atoms with Crippen molar-refractivity contribution in [2.24, 2.45) is 0 Å². The highest BCUT2D eigenvalue weighted by atomic mass is 35.5. The zero-order valence-corrected chi connectivity index (χ0v) is 14.7. The van der Waals surface area contributed by atoms with Crippen LogP contribution in [0.5, 0.6) is 0 Å². The molecule has 0 aliphatic rings. The van der Waals surface area contributed by atoms with E-state index in [1.807, 2.05) is 42.5 Å². The molecule has 0 unspecified atom stereocenters. The van der Waals surface area contributed by atoms with Crippen LogP contribution in [0.25, 0.3) is 10.8 Å². The van der Waals surface area contributed by atoms with Crippen molar-refractivity contribution >= 4 is 34.2 Å². The first-order valence-electron chi connectivity index (χ1n) is 8.25. The van der Waals surface area contributed by atoms with Gasteiger partial charge < -0.3 is 10.4 Å². The molecule has 3 rings (SSSR count). The highest BCUT2D eigenvalue weighted by Crippen LogP contribution is 2.16. The fourth-order valence-corrected chi connectivity index (χ4v) is 2.96. The molecule has 0 bridgehead atoms. The van der Waals surface area contributed by atoms with Crippen LogP contribution in [0.1, 0.15) is 11.1 Å². The van der Waals surface area contributed by atoms with Crippen LogP contribution in [0.15, 0.2) is 66.7 Å². The minimum Gasteiger partial charge on any atom is -0.480 e. The van der Waals surface area contributed by atoms with Gasteiger partial charge in [0.05, 0.1) is 6.42 Å². The monoisotopic (exact) mass is 367 g/mol. The summed E-state index contributed by atoms with van der Waals surface area (Å²) >= 11 is 5.84. The van der Waals surface area contributed by atoms with Gasteiger partial charge in [0.2, 0.25) is 5.91 Å². The number of halogens is 1. The number of carboxylic acids is 1. The molecule has 26 heavy (non-hydrogen) atoms. The Morgan fingerprint density at radius 2 is 1.58 bits per heavy atom. The summed E-state index contributed by atoms with van der Waals surface area (Å²) in [6, 6.07) is 19.6. The van der Waals surface area contributed by atoms with Gasteiger partial charge in [-0.25, -0.2) is 4.79 Å². The summed E-state index contributed by atoms with van der Waals surface area (Å²) in [6.45, 7) is 0. The summed E-state index contributed by atoms with van der Waals surface area (Å²) in [5.74, 6) is -1.38. The van der Waals surface area contributed by atoms with E-state index < -0.39 is 12.0 Å². The summed E-state index contributed by atoms with van der Waals surface area (Å²) in [7, 11) is 0. The fraction of sp³-hybridized carbons (Fsp3) is 0.143. The third-order valence-corrected chi connectivity index (χ3v) is 4.42. The summed E-state index contributed by atoms with van der Waals surface area (Å²) in [6.07, 6.45) is 0.338. The Kier molecular flexibility index (Phi) is 5.54. The predicted octanol–water partition coefficient (Wildman–Crippen LogP) is 3.85. The van der Waals surface area contributed by atoms with Gasteiger partial charge in [-0.1, -0.05) is 66.2 Å². The second-order valence-corrected chi connectivity index (χ2v) is 6.58. The normalized spacial score (nSPS) is 11.9. The molecule has 0 aromatic heterocycles. The van der Waals surface area contributed by atoms with Gasteiger partial charge in [-0.2, -0.15) is 0 Å². The Morgan fingerprint density at radius 1 is 0.923 bits per heavy atom.